The number of aliphatic carboxylic acids is 1. The molecule has 1 fully saturated rings. The molecule has 1 amide bonds. The van der Waals surface area contributed by atoms with Crippen molar-refractivity contribution < 1.29 is 24.9 Å². The molecule has 2 rings (SSSR count). The van der Waals surface area contributed by atoms with E-state index in [2.05, 4.69) is 0 Å². The molecule has 0 aliphatic carbocycles. The molecule has 102 valence electrons. The number of carboxylic acid groups (broad SMARTS) is 1. The monoisotopic (exact) mass is 283 g/mol. The number of rotatable bonds is 2. The van der Waals surface area contributed by atoms with Gasteiger partial charge in [-0.3, -0.25) is 4.79 Å². The van der Waals surface area contributed by atoms with Crippen molar-refractivity contribution in [1.29, 1.82) is 0 Å². The predicted molar refractivity (Wildman–Crippen MR) is 69.6 cm³/mol. The van der Waals surface area contributed by atoms with Crippen LogP contribution in [0.5, 0.6) is 11.5 Å². The maximum Gasteiger partial charge on any atom is 0.327 e. The lowest BCUT2D eigenvalue weighted by molar-refractivity contribution is -0.141. The Hall–Kier alpha value is -1.89. The first kappa shape index (κ1) is 13.5. The predicted octanol–water partition coefficient (Wildman–Crippen LogP) is 0.740. The summed E-state index contributed by atoms with van der Waals surface area (Å²) >= 11 is 1.47. The van der Waals surface area contributed by atoms with Crippen molar-refractivity contribution in [2.45, 2.75) is 6.04 Å². The van der Waals surface area contributed by atoms with Crippen LogP contribution in [0.2, 0.25) is 0 Å². The minimum absolute atomic E-state index is 0.0850. The first-order chi connectivity index (χ1) is 9.00. The summed E-state index contributed by atoms with van der Waals surface area (Å²) in [6.07, 6.45) is 0. The summed E-state index contributed by atoms with van der Waals surface area (Å²) in [6.45, 7) is 0.301. The van der Waals surface area contributed by atoms with Crippen LogP contribution in [0.4, 0.5) is 0 Å². The largest absolute Gasteiger partial charge is 0.508 e. The summed E-state index contributed by atoms with van der Waals surface area (Å²) in [5.41, 5.74) is -0.0850. The first-order valence-corrected chi connectivity index (χ1v) is 6.79. The first-order valence-electron chi connectivity index (χ1n) is 5.64. The number of phenols is 2. The number of phenolic OH excluding ortho intramolecular Hbond substituents is 2. The zero-order chi connectivity index (χ0) is 14.0. The number of nitrogens with zero attached hydrogens (tertiary/aromatic N) is 1. The Balaban J connectivity index is 2.31. The Kier molecular flexibility index (Phi) is 3.84. The summed E-state index contributed by atoms with van der Waals surface area (Å²) in [5.74, 6) is -1.11. The average Bonchev–Trinajstić information content (AvgIpc) is 2.40. The molecule has 0 saturated carbocycles. The van der Waals surface area contributed by atoms with Crippen molar-refractivity contribution in [3.63, 3.8) is 0 Å². The van der Waals surface area contributed by atoms with Gasteiger partial charge in [-0.15, -0.1) is 0 Å². The highest BCUT2D eigenvalue weighted by Crippen LogP contribution is 2.26. The van der Waals surface area contributed by atoms with Gasteiger partial charge in [0, 0.05) is 18.1 Å². The Labute approximate surface area is 113 Å². The molecule has 1 heterocycles. The topological polar surface area (TPSA) is 98.1 Å². The van der Waals surface area contributed by atoms with E-state index in [1.54, 1.807) is 0 Å². The van der Waals surface area contributed by atoms with Gasteiger partial charge in [0.2, 0.25) is 0 Å². The molecule has 19 heavy (non-hydrogen) atoms. The van der Waals surface area contributed by atoms with Gasteiger partial charge in [-0.05, 0) is 18.2 Å². The third-order valence-corrected chi connectivity index (χ3v) is 3.91. The van der Waals surface area contributed by atoms with Gasteiger partial charge in [-0.25, -0.2) is 4.79 Å². The maximum atomic E-state index is 12.3. The quantitative estimate of drug-likeness (QED) is 0.693. The van der Waals surface area contributed by atoms with Crippen LogP contribution in [-0.2, 0) is 4.79 Å². The van der Waals surface area contributed by atoms with E-state index in [-0.39, 0.29) is 17.1 Å². The number of benzene rings is 1. The van der Waals surface area contributed by atoms with E-state index in [0.717, 1.165) is 6.07 Å². The molecular weight excluding hydrogens is 270 g/mol. The van der Waals surface area contributed by atoms with Crippen molar-refractivity contribution in [2.24, 2.45) is 0 Å². The van der Waals surface area contributed by atoms with E-state index in [4.69, 9.17) is 5.11 Å². The Morgan fingerprint density at radius 1 is 1.32 bits per heavy atom. The number of carboxylic acids is 1. The van der Waals surface area contributed by atoms with Gasteiger partial charge < -0.3 is 20.2 Å². The molecule has 3 N–H and O–H groups in total. The molecule has 7 heteroatoms. The van der Waals surface area contributed by atoms with Gasteiger partial charge in [0.1, 0.15) is 17.5 Å². The summed E-state index contributed by atoms with van der Waals surface area (Å²) in [5, 5.41) is 28.1. The molecule has 1 aromatic rings. The van der Waals surface area contributed by atoms with Gasteiger partial charge in [0.25, 0.3) is 5.91 Å². The molecular formula is C12H13NO5S. The van der Waals surface area contributed by atoms with Gasteiger partial charge in [0.05, 0.1) is 5.56 Å². The van der Waals surface area contributed by atoms with E-state index in [9.17, 15) is 19.8 Å². The average molecular weight is 283 g/mol. The molecule has 0 radical (unpaired) electrons. The molecule has 1 atom stereocenters. The number of aromatic hydroxyl groups is 2. The fourth-order valence-electron chi connectivity index (χ4n) is 1.90. The number of hydrogen-bond acceptors (Lipinski definition) is 5. The minimum Gasteiger partial charge on any atom is -0.508 e. The van der Waals surface area contributed by atoms with Crippen LogP contribution < -0.4 is 0 Å². The molecule has 1 aliphatic heterocycles. The van der Waals surface area contributed by atoms with Crippen LogP contribution in [-0.4, -0.2) is 56.2 Å². The lowest BCUT2D eigenvalue weighted by Crippen LogP contribution is -2.50. The van der Waals surface area contributed by atoms with Gasteiger partial charge >= 0.3 is 5.97 Å². The number of carbonyl (C=O) groups is 2. The van der Waals surface area contributed by atoms with Crippen LogP contribution >= 0.6 is 11.8 Å². The standard InChI is InChI=1S/C12H13NO5S/c14-7-1-2-10(15)8(5-7)11(16)13-3-4-19-6-9(13)12(17)18/h1-2,5,9,14-15H,3-4,6H2,(H,17,18). The van der Waals surface area contributed by atoms with Crippen molar-refractivity contribution in [1.82, 2.24) is 4.90 Å². The zero-order valence-corrected chi connectivity index (χ0v) is 10.8. The van der Waals surface area contributed by atoms with Crippen molar-refractivity contribution >= 4 is 23.6 Å². The fraction of sp³-hybridized carbons (Fsp3) is 0.333. The third-order valence-electron chi connectivity index (χ3n) is 2.88. The summed E-state index contributed by atoms with van der Waals surface area (Å²) in [4.78, 5) is 24.6. The highest BCUT2D eigenvalue weighted by Gasteiger charge is 2.33. The Morgan fingerprint density at radius 2 is 2.05 bits per heavy atom. The Morgan fingerprint density at radius 3 is 2.74 bits per heavy atom. The van der Waals surface area contributed by atoms with E-state index in [1.807, 2.05) is 0 Å². The third kappa shape index (κ3) is 2.76. The second-order valence-corrected chi connectivity index (χ2v) is 5.28. The Bertz CT molecular complexity index is 519. The molecule has 1 saturated heterocycles. The van der Waals surface area contributed by atoms with Crippen molar-refractivity contribution in [2.75, 3.05) is 18.1 Å². The molecule has 0 aromatic heterocycles. The van der Waals surface area contributed by atoms with E-state index >= 15 is 0 Å². The molecule has 0 spiro atoms. The molecule has 0 bridgehead atoms. The van der Waals surface area contributed by atoms with E-state index in [1.165, 1.54) is 28.8 Å². The molecule has 6 nitrogen and oxygen atoms in total. The van der Waals surface area contributed by atoms with Crippen molar-refractivity contribution in [3.05, 3.63) is 23.8 Å². The lowest BCUT2D eigenvalue weighted by atomic mass is 10.1. The van der Waals surface area contributed by atoms with Crippen LogP contribution in [0.3, 0.4) is 0 Å². The molecule has 1 unspecified atom stereocenters. The van der Waals surface area contributed by atoms with Crippen LogP contribution in [0.25, 0.3) is 0 Å². The van der Waals surface area contributed by atoms with E-state index in [0.29, 0.717) is 18.1 Å². The smallest absolute Gasteiger partial charge is 0.327 e. The minimum atomic E-state index is -1.07. The summed E-state index contributed by atoms with van der Waals surface area (Å²) in [6, 6.07) is 2.69. The summed E-state index contributed by atoms with van der Waals surface area (Å²) in [7, 11) is 0. The zero-order valence-electron chi connectivity index (χ0n) is 9.94. The van der Waals surface area contributed by atoms with Crippen LogP contribution in [0, 0.1) is 0 Å². The second kappa shape index (κ2) is 5.40. The SMILES string of the molecule is O=C(O)C1CSCCN1C(=O)c1cc(O)ccc1O. The van der Waals surface area contributed by atoms with Gasteiger partial charge in [-0.1, -0.05) is 0 Å². The highest BCUT2D eigenvalue weighted by molar-refractivity contribution is 7.99. The van der Waals surface area contributed by atoms with Gasteiger partial charge in [0.15, 0.2) is 0 Å². The van der Waals surface area contributed by atoms with Gasteiger partial charge in [-0.2, -0.15) is 11.8 Å². The normalized spacial score (nSPS) is 19.2. The van der Waals surface area contributed by atoms with Crippen molar-refractivity contribution in [3.8, 4) is 11.5 Å². The molecule has 1 aliphatic rings. The lowest BCUT2D eigenvalue weighted by Gasteiger charge is -2.32. The summed E-state index contributed by atoms with van der Waals surface area (Å²) < 4.78 is 0. The van der Waals surface area contributed by atoms with E-state index < -0.39 is 17.9 Å². The fourth-order valence-corrected chi connectivity index (χ4v) is 2.94. The van der Waals surface area contributed by atoms with Crippen LogP contribution in [0.1, 0.15) is 10.4 Å². The maximum absolute atomic E-state index is 12.3. The number of hydrogen-bond donors (Lipinski definition) is 3. The van der Waals surface area contributed by atoms with Crippen LogP contribution in [0.15, 0.2) is 18.2 Å². The number of thioether (sulfide) groups is 1. The second-order valence-electron chi connectivity index (χ2n) is 4.13. The number of amides is 1. The number of carbonyl (C=O) groups excluding carboxylic acids is 1. The highest BCUT2D eigenvalue weighted by atomic mass is 32.2. The molecule has 1 aromatic carbocycles.